The van der Waals surface area contributed by atoms with Crippen molar-refractivity contribution >= 4 is 34.1 Å². The van der Waals surface area contributed by atoms with Crippen LogP contribution >= 0.6 is 11.3 Å². The van der Waals surface area contributed by atoms with Crippen LogP contribution in [0.2, 0.25) is 0 Å². The van der Waals surface area contributed by atoms with E-state index in [2.05, 4.69) is 4.98 Å². The Morgan fingerprint density at radius 2 is 2.13 bits per heavy atom. The van der Waals surface area contributed by atoms with Crippen molar-refractivity contribution < 1.29 is 14.7 Å². The van der Waals surface area contributed by atoms with Crippen LogP contribution in [0.3, 0.4) is 0 Å². The molecular formula is C17H16N2O3S. The lowest BCUT2D eigenvalue weighted by Crippen LogP contribution is -2.19. The highest BCUT2D eigenvalue weighted by molar-refractivity contribution is 7.13. The highest BCUT2D eigenvalue weighted by Gasteiger charge is 2.25. The van der Waals surface area contributed by atoms with Crippen molar-refractivity contribution in [2.75, 3.05) is 0 Å². The van der Waals surface area contributed by atoms with Crippen molar-refractivity contribution in [3.63, 3.8) is 0 Å². The highest BCUT2D eigenvalue weighted by atomic mass is 32.1. The number of imidazole rings is 1. The molecule has 0 spiro atoms. The van der Waals surface area contributed by atoms with Crippen molar-refractivity contribution in [1.82, 2.24) is 9.55 Å². The maximum atomic E-state index is 11.7. The van der Waals surface area contributed by atoms with Crippen LogP contribution in [0.4, 0.5) is 0 Å². The SMILES string of the molecule is CCC(C(=O)O)n1c(-c2cccs2)nc2cc(C(C)=O)ccc21. The number of benzene rings is 1. The van der Waals surface area contributed by atoms with Gasteiger partial charge in [-0.2, -0.15) is 0 Å². The molecule has 0 saturated carbocycles. The average molecular weight is 328 g/mol. The average Bonchev–Trinajstić information content (AvgIpc) is 3.14. The van der Waals surface area contributed by atoms with E-state index in [1.165, 1.54) is 18.3 Å². The van der Waals surface area contributed by atoms with Gasteiger partial charge in [-0.15, -0.1) is 11.3 Å². The van der Waals surface area contributed by atoms with Gasteiger partial charge in [0.15, 0.2) is 11.6 Å². The Bertz CT molecular complexity index is 881. The molecule has 3 rings (SSSR count). The summed E-state index contributed by atoms with van der Waals surface area (Å²) < 4.78 is 1.76. The third kappa shape index (κ3) is 2.66. The van der Waals surface area contributed by atoms with Gasteiger partial charge < -0.3 is 9.67 Å². The standard InChI is InChI=1S/C17H16N2O3S/c1-3-13(17(21)22)19-14-7-6-11(10(2)20)9-12(14)18-16(19)15-5-4-8-23-15/h4-9,13H,3H2,1-2H3,(H,21,22). The van der Waals surface area contributed by atoms with E-state index in [9.17, 15) is 14.7 Å². The third-order valence-electron chi connectivity index (χ3n) is 3.82. The zero-order valence-electron chi connectivity index (χ0n) is 12.8. The van der Waals surface area contributed by atoms with Crippen LogP contribution in [0.1, 0.15) is 36.7 Å². The second-order valence-electron chi connectivity index (χ2n) is 5.30. The molecule has 23 heavy (non-hydrogen) atoms. The van der Waals surface area contributed by atoms with E-state index in [-0.39, 0.29) is 5.78 Å². The largest absolute Gasteiger partial charge is 0.480 e. The van der Waals surface area contributed by atoms with Crippen LogP contribution in [0.5, 0.6) is 0 Å². The number of aromatic nitrogens is 2. The lowest BCUT2D eigenvalue weighted by atomic mass is 10.1. The summed E-state index contributed by atoms with van der Waals surface area (Å²) in [5.41, 5.74) is 1.94. The molecule has 0 radical (unpaired) electrons. The van der Waals surface area contributed by atoms with E-state index in [0.717, 1.165) is 10.4 Å². The molecule has 1 N–H and O–H groups in total. The van der Waals surface area contributed by atoms with Crippen LogP contribution in [0.25, 0.3) is 21.7 Å². The van der Waals surface area contributed by atoms with Crippen LogP contribution in [0, 0.1) is 0 Å². The van der Waals surface area contributed by atoms with Crippen molar-refractivity contribution in [1.29, 1.82) is 0 Å². The summed E-state index contributed by atoms with van der Waals surface area (Å²) >= 11 is 1.51. The van der Waals surface area contributed by atoms with Crippen molar-refractivity contribution in [2.24, 2.45) is 0 Å². The highest BCUT2D eigenvalue weighted by Crippen LogP contribution is 2.32. The maximum absolute atomic E-state index is 11.7. The molecule has 5 nitrogen and oxygen atoms in total. The number of carboxylic acids is 1. The Balaban J connectivity index is 2.31. The van der Waals surface area contributed by atoms with Crippen LogP contribution in [-0.4, -0.2) is 26.4 Å². The Morgan fingerprint density at radius 3 is 2.70 bits per heavy atom. The minimum atomic E-state index is -0.889. The number of thiophene rings is 1. The summed E-state index contributed by atoms with van der Waals surface area (Å²) in [6.07, 6.45) is 0.452. The zero-order valence-corrected chi connectivity index (χ0v) is 13.6. The zero-order chi connectivity index (χ0) is 16.6. The maximum Gasteiger partial charge on any atom is 0.326 e. The van der Waals surface area contributed by atoms with E-state index < -0.39 is 12.0 Å². The molecule has 0 aliphatic carbocycles. The van der Waals surface area contributed by atoms with E-state index in [0.29, 0.717) is 23.3 Å². The number of hydrogen-bond donors (Lipinski definition) is 1. The number of carboxylic acid groups (broad SMARTS) is 1. The van der Waals surface area contributed by atoms with Gasteiger partial charge in [0.1, 0.15) is 6.04 Å². The van der Waals surface area contributed by atoms with Gasteiger partial charge in [0, 0.05) is 5.56 Å². The summed E-state index contributed by atoms with van der Waals surface area (Å²) in [7, 11) is 0. The topological polar surface area (TPSA) is 72.2 Å². The molecule has 6 heteroatoms. The molecule has 0 aliphatic heterocycles. The van der Waals surface area contributed by atoms with E-state index >= 15 is 0 Å². The summed E-state index contributed by atoms with van der Waals surface area (Å²) in [4.78, 5) is 28.8. The lowest BCUT2D eigenvalue weighted by molar-refractivity contribution is -0.140. The monoisotopic (exact) mass is 328 g/mol. The number of aliphatic carboxylic acids is 1. The Morgan fingerprint density at radius 1 is 1.35 bits per heavy atom. The Labute approximate surface area is 137 Å². The van der Waals surface area contributed by atoms with E-state index in [1.807, 2.05) is 24.4 Å². The molecule has 0 bridgehead atoms. The molecule has 0 saturated heterocycles. The van der Waals surface area contributed by atoms with Gasteiger partial charge in [-0.3, -0.25) is 4.79 Å². The summed E-state index contributed by atoms with van der Waals surface area (Å²) in [5.74, 6) is -0.297. The molecule has 0 aliphatic rings. The molecule has 0 amide bonds. The molecule has 1 aromatic carbocycles. The van der Waals surface area contributed by atoms with Crippen LogP contribution in [0.15, 0.2) is 35.7 Å². The quantitative estimate of drug-likeness (QED) is 0.718. The van der Waals surface area contributed by atoms with Gasteiger partial charge in [-0.05, 0) is 43.0 Å². The van der Waals surface area contributed by atoms with Gasteiger partial charge in [0.05, 0.1) is 15.9 Å². The normalized spacial score (nSPS) is 12.4. The predicted octanol–water partition coefficient (Wildman–Crippen LogP) is 4.00. The number of fused-ring (bicyclic) bond motifs is 1. The number of Topliss-reactive ketones (excluding diaryl/α,β-unsaturated/α-hetero) is 1. The number of carbonyl (C=O) groups excluding carboxylic acids is 1. The third-order valence-corrected chi connectivity index (χ3v) is 4.69. The molecule has 1 unspecified atom stereocenters. The number of rotatable bonds is 5. The first-order valence-corrected chi connectivity index (χ1v) is 8.20. The summed E-state index contributed by atoms with van der Waals surface area (Å²) in [5, 5.41) is 11.5. The van der Waals surface area contributed by atoms with Gasteiger partial charge in [0.2, 0.25) is 0 Å². The number of nitrogens with zero attached hydrogens (tertiary/aromatic N) is 2. The predicted molar refractivity (Wildman–Crippen MR) is 90.0 cm³/mol. The molecule has 0 fully saturated rings. The molecular weight excluding hydrogens is 312 g/mol. The fraction of sp³-hybridized carbons (Fsp3) is 0.235. The molecule has 118 valence electrons. The van der Waals surface area contributed by atoms with Gasteiger partial charge >= 0.3 is 5.97 Å². The lowest BCUT2D eigenvalue weighted by Gasteiger charge is -2.15. The second kappa shape index (κ2) is 5.96. The van der Waals surface area contributed by atoms with Gasteiger partial charge in [-0.1, -0.05) is 13.0 Å². The van der Waals surface area contributed by atoms with Crippen molar-refractivity contribution in [3.8, 4) is 10.7 Å². The molecule has 2 heterocycles. The fourth-order valence-electron chi connectivity index (χ4n) is 2.68. The molecule has 2 aromatic heterocycles. The van der Waals surface area contributed by atoms with Crippen LogP contribution < -0.4 is 0 Å². The minimum absolute atomic E-state index is 0.0376. The number of hydrogen-bond acceptors (Lipinski definition) is 4. The van der Waals surface area contributed by atoms with Crippen molar-refractivity contribution in [2.45, 2.75) is 26.3 Å². The first kappa shape index (κ1) is 15.4. The minimum Gasteiger partial charge on any atom is -0.480 e. The van der Waals surface area contributed by atoms with Crippen molar-refractivity contribution in [3.05, 3.63) is 41.3 Å². The van der Waals surface area contributed by atoms with Gasteiger partial charge in [0.25, 0.3) is 0 Å². The fourth-order valence-corrected chi connectivity index (χ4v) is 3.39. The molecule has 3 aromatic rings. The van der Waals surface area contributed by atoms with Crippen LogP contribution in [-0.2, 0) is 4.79 Å². The smallest absolute Gasteiger partial charge is 0.326 e. The first-order valence-electron chi connectivity index (χ1n) is 7.32. The second-order valence-corrected chi connectivity index (χ2v) is 6.25. The summed E-state index contributed by atoms with van der Waals surface area (Å²) in [6.45, 7) is 3.34. The number of carbonyl (C=O) groups is 2. The molecule has 1 atom stereocenters. The van der Waals surface area contributed by atoms with E-state index in [1.54, 1.807) is 22.8 Å². The number of ketones is 1. The Kier molecular flexibility index (Phi) is 4.00. The summed E-state index contributed by atoms with van der Waals surface area (Å²) in [6, 6.07) is 8.35. The van der Waals surface area contributed by atoms with Gasteiger partial charge in [-0.25, -0.2) is 9.78 Å². The first-order chi connectivity index (χ1) is 11.0. The van der Waals surface area contributed by atoms with E-state index in [4.69, 9.17) is 0 Å². The Hall–Kier alpha value is -2.47.